The maximum Gasteiger partial charge on any atom is 0.335 e. The Bertz CT molecular complexity index is 329. The zero-order chi connectivity index (χ0) is 9.84. The van der Waals surface area contributed by atoms with E-state index in [4.69, 9.17) is 22.4 Å². The van der Waals surface area contributed by atoms with E-state index in [2.05, 4.69) is 0 Å². The van der Waals surface area contributed by atoms with Crippen LogP contribution < -0.4 is 5.73 Å². The number of benzene rings is 1. The van der Waals surface area contributed by atoms with Crippen LogP contribution in [0.3, 0.4) is 0 Å². The Labute approximate surface area is 93.3 Å². The summed E-state index contributed by atoms with van der Waals surface area (Å²) in [6, 6.07) is 4.66. The van der Waals surface area contributed by atoms with Gasteiger partial charge in [0.25, 0.3) is 0 Å². The van der Waals surface area contributed by atoms with E-state index >= 15 is 0 Å². The molecule has 0 fully saturated rings. The molecule has 1 aromatic rings. The predicted octanol–water partition coefficient (Wildman–Crippen LogP) is 1.96. The smallest absolute Gasteiger partial charge is 0.335 e. The van der Waals surface area contributed by atoms with Crippen molar-refractivity contribution >= 4 is 30.0 Å². The number of carboxylic acid groups (broad SMARTS) is 1. The lowest BCUT2D eigenvalue weighted by atomic mass is 10.1. The molecule has 0 atom stereocenters. The number of carboxylic acids is 1. The molecule has 0 amide bonds. The van der Waals surface area contributed by atoms with Gasteiger partial charge in [-0.1, -0.05) is 17.7 Å². The first-order valence-corrected chi connectivity index (χ1v) is 4.24. The molecule has 0 bridgehead atoms. The van der Waals surface area contributed by atoms with Crippen LogP contribution in [0.1, 0.15) is 15.9 Å². The fraction of sp³-hybridized carbons (Fsp3) is 0.222. The number of hydrogen-bond acceptors (Lipinski definition) is 2. The molecule has 0 heterocycles. The summed E-state index contributed by atoms with van der Waals surface area (Å²) >= 11 is 5.83. The number of halogens is 2. The Morgan fingerprint density at radius 3 is 2.57 bits per heavy atom. The van der Waals surface area contributed by atoms with Crippen LogP contribution in [0.4, 0.5) is 0 Å². The minimum atomic E-state index is -0.971. The highest BCUT2D eigenvalue weighted by atomic mass is 35.5. The molecule has 1 aromatic carbocycles. The van der Waals surface area contributed by atoms with E-state index in [0.29, 0.717) is 18.0 Å². The summed E-state index contributed by atoms with van der Waals surface area (Å²) in [6.45, 7) is 0.506. The van der Waals surface area contributed by atoms with E-state index < -0.39 is 5.97 Å². The van der Waals surface area contributed by atoms with Crippen LogP contribution in [0, 0.1) is 0 Å². The summed E-state index contributed by atoms with van der Waals surface area (Å²) in [5.74, 6) is -0.971. The molecule has 0 aliphatic carbocycles. The zero-order valence-electron chi connectivity index (χ0n) is 7.37. The third kappa shape index (κ3) is 3.18. The molecule has 1 rings (SSSR count). The van der Waals surface area contributed by atoms with E-state index in [-0.39, 0.29) is 18.0 Å². The molecule has 5 heteroatoms. The highest BCUT2D eigenvalue weighted by Crippen LogP contribution is 2.18. The highest BCUT2D eigenvalue weighted by molar-refractivity contribution is 6.31. The van der Waals surface area contributed by atoms with E-state index in [9.17, 15) is 4.79 Å². The van der Waals surface area contributed by atoms with Crippen molar-refractivity contribution in [1.29, 1.82) is 0 Å². The molecular weight excluding hydrogens is 225 g/mol. The Hall–Kier alpha value is -0.770. The predicted molar refractivity (Wildman–Crippen MR) is 58.4 cm³/mol. The number of aromatic carboxylic acids is 1. The number of nitrogens with two attached hydrogens (primary N) is 1. The third-order valence-corrected chi connectivity index (χ3v) is 2.07. The average Bonchev–Trinajstić information content (AvgIpc) is 2.08. The molecule has 0 saturated carbocycles. The van der Waals surface area contributed by atoms with Gasteiger partial charge in [-0.2, -0.15) is 0 Å². The topological polar surface area (TPSA) is 63.3 Å². The first-order chi connectivity index (χ1) is 6.15. The summed E-state index contributed by atoms with van der Waals surface area (Å²) in [7, 11) is 0. The van der Waals surface area contributed by atoms with Gasteiger partial charge in [-0.15, -0.1) is 12.4 Å². The van der Waals surface area contributed by atoms with Gasteiger partial charge in [-0.25, -0.2) is 4.79 Å². The van der Waals surface area contributed by atoms with E-state index in [1.54, 1.807) is 6.07 Å². The lowest BCUT2D eigenvalue weighted by molar-refractivity contribution is 0.0697. The van der Waals surface area contributed by atoms with Crippen LogP contribution in [0.25, 0.3) is 0 Å². The average molecular weight is 236 g/mol. The van der Waals surface area contributed by atoms with Crippen molar-refractivity contribution in [2.24, 2.45) is 5.73 Å². The highest BCUT2D eigenvalue weighted by Gasteiger charge is 2.05. The maximum atomic E-state index is 10.5. The summed E-state index contributed by atoms with van der Waals surface area (Å²) in [4.78, 5) is 10.5. The Morgan fingerprint density at radius 2 is 2.14 bits per heavy atom. The van der Waals surface area contributed by atoms with Crippen LogP contribution in [-0.4, -0.2) is 17.6 Å². The largest absolute Gasteiger partial charge is 0.478 e. The van der Waals surface area contributed by atoms with Crippen LogP contribution in [0.5, 0.6) is 0 Å². The molecule has 0 aliphatic rings. The maximum absolute atomic E-state index is 10.5. The summed E-state index contributed by atoms with van der Waals surface area (Å²) in [5, 5.41) is 9.11. The van der Waals surface area contributed by atoms with Gasteiger partial charge < -0.3 is 10.8 Å². The molecule has 3 N–H and O–H groups in total. The molecule has 0 aliphatic heterocycles. The number of carbonyl (C=O) groups is 1. The number of hydrogen-bond donors (Lipinski definition) is 2. The zero-order valence-corrected chi connectivity index (χ0v) is 8.94. The summed E-state index contributed by atoms with van der Waals surface area (Å²) < 4.78 is 0. The minimum absolute atomic E-state index is 0. The van der Waals surface area contributed by atoms with E-state index in [1.807, 2.05) is 0 Å². The molecule has 3 nitrogen and oxygen atoms in total. The molecule has 0 unspecified atom stereocenters. The third-order valence-electron chi connectivity index (χ3n) is 1.71. The van der Waals surface area contributed by atoms with Crippen LogP contribution in [-0.2, 0) is 6.42 Å². The lowest BCUT2D eigenvalue weighted by Gasteiger charge is -2.02. The van der Waals surface area contributed by atoms with Crippen molar-refractivity contribution in [3.8, 4) is 0 Å². The fourth-order valence-corrected chi connectivity index (χ4v) is 1.31. The van der Waals surface area contributed by atoms with Gasteiger partial charge in [0.05, 0.1) is 5.56 Å². The first-order valence-electron chi connectivity index (χ1n) is 3.87. The van der Waals surface area contributed by atoms with Gasteiger partial charge in [0, 0.05) is 5.02 Å². The SMILES string of the molecule is Cl.NCCc1ccc(C(=O)O)cc1Cl. The summed E-state index contributed by atoms with van der Waals surface area (Å²) in [6.07, 6.45) is 0.665. The quantitative estimate of drug-likeness (QED) is 0.843. The molecule has 78 valence electrons. The monoisotopic (exact) mass is 235 g/mol. The molecule has 0 spiro atoms. The molecule has 14 heavy (non-hydrogen) atoms. The van der Waals surface area contributed by atoms with Crippen LogP contribution in [0.2, 0.25) is 5.02 Å². The van der Waals surface area contributed by atoms with Gasteiger partial charge in [0.2, 0.25) is 0 Å². The number of rotatable bonds is 3. The van der Waals surface area contributed by atoms with Crippen molar-refractivity contribution in [3.05, 3.63) is 34.3 Å². The van der Waals surface area contributed by atoms with Gasteiger partial charge in [0.15, 0.2) is 0 Å². The van der Waals surface area contributed by atoms with Crippen LogP contribution >= 0.6 is 24.0 Å². The Balaban J connectivity index is 0.00000169. The van der Waals surface area contributed by atoms with Gasteiger partial charge >= 0.3 is 5.97 Å². The second kappa shape index (κ2) is 5.86. The standard InChI is InChI=1S/C9H10ClNO2.ClH/c10-8-5-7(9(12)13)2-1-6(8)3-4-11;/h1-2,5H,3-4,11H2,(H,12,13);1H. The molecule has 0 radical (unpaired) electrons. The Kier molecular flexibility index (Phi) is 5.53. The van der Waals surface area contributed by atoms with E-state index in [0.717, 1.165) is 5.56 Å². The Morgan fingerprint density at radius 1 is 1.50 bits per heavy atom. The molecule has 0 aromatic heterocycles. The van der Waals surface area contributed by atoms with Gasteiger partial charge in [-0.05, 0) is 30.7 Å². The first kappa shape index (κ1) is 13.2. The van der Waals surface area contributed by atoms with Crippen molar-refractivity contribution < 1.29 is 9.90 Å². The molecule has 0 saturated heterocycles. The minimum Gasteiger partial charge on any atom is -0.478 e. The second-order valence-electron chi connectivity index (χ2n) is 2.65. The van der Waals surface area contributed by atoms with Crippen molar-refractivity contribution in [2.75, 3.05) is 6.54 Å². The van der Waals surface area contributed by atoms with Crippen LogP contribution in [0.15, 0.2) is 18.2 Å². The second-order valence-corrected chi connectivity index (χ2v) is 3.06. The summed E-state index contributed by atoms with van der Waals surface area (Å²) in [5.41, 5.74) is 6.44. The lowest BCUT2D eigenvalue weighted by Crippen LogP contribution is -2.04. The fourth-order valence-electron chi connectivity index (χ4n) is 1.04. The normalized spacial score (nSPS) is 9.29. The van der Waals surface area contributed by atoms with Gasteiger partial charge in [0.1, 0.15) is 0 Å². The molecular formula is C9H11Cl2NO2. The van der Waals surface area contributed by atoms with Crippen molar-refractivity contribution in [2.45, 2.75) is 6.42 Å². The van der Waals surface area contributed by atoms with E-state index in [1.165, 1.54) is 12.1 Å². The van der Waals surface area contributed by atoms with Crippen molar-refractivity contribution in [3.63, 3.8) is 0 Å². The van der Waals surface area contributed by atoms with Crippen molar-refractivity contribution in [1.82, 2.24) is 0 Å². The van der Waals surface area contributed by atoms with Gasteiger partial charge in [-0.3, -0.25) is 0 Å².